The lowest BCUT2D eigenvalue weighted by molar-refractivity contribution is 0.380. The van der Waals surface area contributed by atoms with E-state index in [2.05, 4.69) is 20.1 Å². The van der Waals surface area contributed by atoms with Crippen molar-refractivity contribution in [1.82, 2.24) is 24.6 Å². The number of fused-ring (bicyclic) bond motifs is 1. The first-order chi connectivity index (χ1) is 5.81. The molecule has 0 saturated heterocycles. The number of hydrogen-bond acceptors (Lipinski definition) is 6. The normalized spacial score (nSPS) is 10.4. The van der Waals surface area contributed by atoms with Crippen LogP contribution in [0.1, 0.15) is 0 Å². The molecule has 0 radical (unpaired) electrons. The molecular weight excluding hydrogens is 160 g/mol. The zero-order valence-electron chi connectivity index (χ0n) is 6.30. The van der Waals surface area contributed by atoms with Gasteiger partial charge >= 0.3 is 6.01 Å². The molecule has 0 fully saturated rings. The minimum Gasteiger partial charge on any atom is -0.466 e. The van der Waals surface area contributed by atoms with E-state index in [0.29, 0.717) is 5.78 Å². The van der Waals surface area contributed by atoms with Gasteiger partial charge in [-0.15, -0.1) is 5.10 Å². The smallest absolute Gasteiger partial charge is 0.337 e. The van der Waals surface area contributed by atoms with Crippen molar-refractivity contribution in [2.24, 2.45) is 0 Å². The van der Waals surface area contributed by atoms with Crippen molar-refractivity contribution >= 4 is 11.7 Å². The molecule has 7 heteroatoms. The number of anilines is 1. The lowest BCUT2D eigenvalue weighted by atomic mass is 10.9. The first-order valence-electron chi connectivity index (χ1n) is 3.18. The van der Waals surface area contributed by atoms with Gasteiger partial charge < -0.3 is 10.5 Å². The van der Waals surface area contributed by atoms with Gasteiger partial charge in [0.2, 0.25) is 5.95 Å². The van der Waals surface area contributed by atoms with E-state index in [0.717, 1.165) is 0 Å². The number of rotatable bonds is 1. The second-order valence-corrected chi connectivity index (χ2v) is 2.04. The molecule has 0 aliphatic carbocycles. The summed E-state index contributed by atoms with van der Waals surface area (Å²) in [6, 6.07) is 0.224. The molecule has 0 aliphatic rings. The molecule has 2 aromatic heterocycles. The maximum Gasteiger partial charge on any atom is 0.337 e. The first kappa shape index (κ1) is 6.77. The Balaban J connectivity index is 2.74. The van der Waals surface area contributed by atoms with Gasteiger partial charge in [0.15, 0.2) is 0 Å². The Kier molecular flexibility index (Phi) is 1.29. The van der Waals surface area contributed by atoms with Crippen LogP contribution in [0.4, 0.5) is 5.95 Å². The predicted molar refractivity (Wildman–Crippen MR) is 39.5 cm³/mol. The average molecular weight is 166 g/mol. The van der Waals surface area contributed by atoms with Crippen LogP contribution >= 0.6 is 0 Å². The number of aromatic nitrogens is 5. The molecule has 2 N–H and O–H groups in total. The van der Waals surface area contributed by atoms with E-state index in [1.807, 2.05) is 0 Å². The van der Waals surface area contributed by atoms with Crippen molar-refractivity contribution in [1.29, 1.82) is 0 Å². The van der Waals surface area contributed by atoms with Gasteiger partial charge in [-0.2, -0.15) is 14.5 Å². The minimum atomic E-state index is 0.224. The highest BCUT2D eigenvalue weighted by Crippen LogP contribution is 2.05. The zero-order valence-corrected chi connectivity index (χ0v) is 6.30. The zero-order chi connectivity index (χ0) is 8.55. The molecular formula is C5H6N6O. The van der Waals surface area contributed by atoms with Crippen LogP contribution in [0.25, 0.3) is 5.78 Å². The van der Waals surface area contributed by atoms with Gasteiger partial charge in [0.25, 0.3) is 5.78 Å². The van der Waals surface area contributed by atoms with Crippen LogP contribution < -0.4 is 10.5 Å². The van der Waals surface area contributed by atoms with Crippen molar-refractivity contribution in [3.05, 3.63) is 6.33 Å². The summed E-state index contributed by atoms with van der Waals surface area (Å²) >= 11 is 0. The largest absolute Gasteiger partial charge is 0.466 e. The number of nitrogens with two attached hydrogens (primary N) is 1. The number of methoxy groups -OCH3 is 1. The summed E-state index contributed by atoms with van der Waals surface area (Å²) in [5.41, 5.74) is 5.48. The molecule has 0 aromatic carbocycles. The Morgan fingerprint density at radius 2 is 2.33 bits per heavy atom. The van der Waals surface area contributed by atoms with Crippen molar-refractivity contribution in [2.45, 2.75) is 0 Å². The molecule has 0 spiro atoms. The fraction of sp³-hybridized carbons (Fsp3) is 0.200. The summed E-state index contributed by atoms with van der Waals surface area (Å²) in [6.07, 6.45) is 1.32. The second kappa shape index (κ2) is 2.29. The number of hydrogen-bond donors (Lipinski definition) is 1. The predicted octanol–water partition coefficient (Wildman–Crippen LogP) is -0.890. The molecule has 2 rings (SSSR count). The highest BCUT2D eigenvalue weighted by atomic mass is 16.5. The molecule has 0 aliphatic heterocycles. The Labute approximate surface area is 67.2 Å². The standard InChI is InChI=1S/C5H6N6O/c1-12-5-9-4-8-2-7-3(6)11(4)10-5/h2H,1H3,(H2,6,7,8,9,10). The van der Waals surface area contributed by atoms with E-state index < -0.39 is 0 Å². The maximum absolute atomic E-state index is 5.48. The van der Waals surface area contributed by atoms with Gasteiger partial charge in [0, 0.05) is 0 Å². The van der Waals surface area contributed by atoms with Crippen LogP contribution in [0, 0.1) is 0 Å². The molecule has 0 atom stereocenters. The molecule has 2 heterocycles. The summed E-state index contributed by atoms with van der Waals surface area (Å²) in [4.78, 5) is 11.4. The first-order valence-corrected chi connectivity index (χ1v) is 3.18. The van der Waals surface area contributed by atoms with Gasteiger partial charge in [-0.05, 0) is 0 Å². The average Bonchev–Trinajstić information content (AvgIpc) is 2.49. The monoisotopic (exact) mass is 166 g/mol. The SMILES string of the molecule is COc1nc2ncnc(N)n2n1. The minimum absolute atomic E-state index is 0.224. The topological polar surface area (TPSA) is 91.2 Å². The lowest BCUT2D eigenvalue weighted by Gasteiger charge is -1.91. The van der Waals surface area contributed by atoms with E-state index >= 15 is 0 Å². The van der Waals surface area contributed by atoms with E-state index in [1.165, 1.54) is 18.0 Å². The fourth-order valence-corrected chi connectivity index (χ4v) is 0.804. The van der Waals surface area contributed by atoms with Gasteiger partial charge in [-0.1, -0.05) is 0 Å². The molecule has 0 unspecified atom stereocenters. The molecule has 7 nitrogen and oxygen atoms in total. The summed E-state index contributed by atoms with van der Waals surface area (Å²) in [5, 5.41) is 3.86. The van der Waals surface area contributed by atoms with Crippen LogP contribution in [0.15, 0.2) is 6.33 Å². The third-order valence-electron chi connectivity index (χ3n) is 1.33. The van der Waals surface area contributed by atoms with Gasteiger partial charge in [0.05, 0.1) is 7.11 Å². The second-order valence-electron chi connectivity index (χ2n) is 2.04. The molecule has 12 heavy (non-hydrogen) atoms. The van der Waals surface area contributed by atoms with Gasteiger partial charge in [-0.3, -0.25) is 0 Å². The summed E-state index contributed by atoms with van der Waals surface area (Å²) in [6.45, 7) is 0. The maximum atomic E-state index is 5.48. The number of nitrogens with zero attached hydrogens (tertiary/aromatic N) is 5. The van der Waals surface area contributed by atoms with E-state index in [1.54, 1.807) is 0 Å². The number of nitrogen functional groups attached to an aromatic ring is 1. The Hall–Kier alpha value is -1.92. The number of ether oxygens (including phenoxy) is 1. The van der Waals surface area contributed by atoms with E-state index in [-0.39, 0.29) is 12.0 Å². The Bertz CT molecular complexity index is 409. The van der Waals surface area contributed by atoms with Crippen LogP contribution in [0.5, 0.6) is 6.01 Å². The summed E-state index contributed by atoms with van der Waals surface area (Å²) in [5.74, 6) is 0.607. The van der Waals surface area contributed by atoms with E-state index in [9.17, 15) is 0 Å². The molecule has 62 valence electrons. The van der Waals surface area contributed by atoms with Crippen molar-refractivity contribution in [3.8, 4) is 6.01 Å². The molecule has 2 aromatic rings. The van der Waals surface area contributed by atoms with Crippen LogP contribution in [-0.2, 0) is 0 Å². The van der Waals surface area contributed by atoms with Crippen LogP contribution in [-0.4, -0.2) is 31.7 Å². The summed E-state index contributed by atoms with van der Waals surface area (Å²) in [7, 11) is 1.47. The third-order valence-corrected chi connectivity index (χ3v) is 1.33. The fourth-order valence-electron chi connectivity index (χ4n) is 0.804. The quantitative estimate of drug-likeness (QED) is 0.590. The molecule has 0 saturated carbocycles. The molecule has 0 amide bonds. The van der Waals surface area contributed by atoms with Crippen LogP contribution in [0.2, 0.25) is 0 Å². The van der Waals surface area contributed by atoms with Crippen LogP contribution in [0.3, 0.4) is 0 Å². The lowest BCUT2D eigenvalue weighted by Crippen LogP contribution is -2.02. The summed E-state index contributed by atoms with van der Waals surface area (Å²) < 4.78 is 6.09. The highest BCUT2D eigenvalue weighted by Gasteiger charge is 2.05. The third kappa shape index (κ3) is 0.831. The Morgan fingerprint density at radius 1 is 1.50 bits per heavy atom. The van der Waals surface area contributed by atoms with Gasteiger partial charge in [-0.25, -0.2) is 4.98 Å². The Morgan fingerprint density at radius 3 is 3.00 bits per heavy atom. The van der Waals surface area contributed by atoms with Crippen molar-refractivity contribution < 1.29 is 4.74 Å². The highest BCUT2D eigenvalue weighted by molar-refractivity contribution is 5.33. The van der Waals surface area contributed by atoms with E-state index in [4.69, 9.17) is 10.5 Å². The molecule has 0 bridgehead atoms. The van der Waals surface area contributed by atoms with Gasteiger partial charge in [0.1, 0.15) is 6.33 Å². The van der Waals surface area contributed by atoms with Crippen molar-refractivity contribution in [2.75, 3.05) is 12.8 Å². The van der Waals surface area contributed by atoms with Crippen molar-refractivity contribution in [3.63, 3.8) is 0 Å².